The first-order valence-corrected chi connectivity index (χ1v) is 8.63. The number of hydrogen-bond acceptors (Lipinski definition) is 3. The fraction of sp³-hybridized carbons (Fsp3) is 0.158. The number of carbonyl (C=O) groups is 1. The second kappa shape index (κ2) is 7.81. The van der Waals surface area contributed by atoms with E-state index in [4.69, 9.17) is 27.9 Å². The van der Waals surface area contributed by atoms with E-state index in [-0.39, 0.29) is 16.0 Å². The van der Waals surface area contributed by atoms with Crippen molar-refractivity contribution in [1.82, 2.24) is 14.9 Å². The minimum Gasteiger partial charge on any atom is -0.494 e. The zero-order chi connectivity index (χ0) is 18.7. The lowest BCUT2D eigenvalue weighted by molar-refractivity contribution is 0.0941. The summed E-state index contributed by atoms with van der Waals surface area (Å²) in [6.07, 6.45) is 3.52. The Kier molecular flexibility index (Phi) is 5.49. The number of imidazole rings is 1. The van der Waals surface area contributed by atoms with Gasteiger partial charge in [-0.25, -0.2) is 4.98 Å². The Labute approximate surface area is 161 Å². The van der Waals surface area contributed by atoms with Crippen molar-refractivity contribution in [2.75, 3.05) is 7.11 Å². The first-order valence-electron chi connectivity index (χ1n) is 7.87. The van der Waals surface area contributed by atoms with E-state index >= 15 is 0 Å². The first kappa shape index (κ1) is 18.3. The molecule has 1 aromatic heterocycles. The topological polar surface area (TPSA) is 56.1 Å². The van der Waals surface area contributed by atoms with Crippen LogP contribution < -0.4 is 10.1 Å². The predicted octanol–water partition coefficient (Wildman–Crippen LogP) is 4.25. The molecule has 3 aromatic rings. The van der Waals surface area contributed by atoms with E-state index in [2.05, 4.69) is 10.3 Å². The van der Waals surface area contributed by atoms with Gasteiger partial charge in [0.2, 0.25) is 0 Å². The van der Waals surface area contributed by atoms with Gasteiger partial charge in [-0.1, -0.05) is 53.5 Å². The van der Waals surface area contributed by atoms with Crippen molar-refractivity contribution in [3.05, 3.63) is 81.9 Å². The highest BCUT2D eigenvalue weighted by Crippen LogP contribution is 2.34. The Bertz CT molecular complexity index is 903. The monoisotopic (exact) mass is 389 g/mol. The molecular weight excluding hydrogens is 373 g/mol. The highest BCUT2D eigenvalue weighted by Gasteiger charge is 2.22. The molecule has 134 valence electrons. The molecule has 0 fully saturated rings. The van der Waals surface area contributed by atoms with Crippen LogP contribution >= 0.6 is 23.2 Å². The molecule has 0 aliphatic rings. The van der Waals surface area contributed by atoms with Gasteiger partial charge in [0, 0.05) is 25.0 Å². The van der Waals surface area contributed by atoms with E-state index in [9.17, 15) is 4.79 Å². The third kappa shape index (κ3) is 3.69. The van der Waals surface area contributed by atoms with Crippen LogP contribution in [0.3, 0.4) is 0 Å². The highest BCUT2D eigenvalue weighted by atomic mass is 35.5. The molecule has 1 heterocycles. The smallest absolute Gasteiger partial charge is 0.252 e. The number of carbonyl (C=O) groups excluding carboxylic acids is 1. The minimum absolute atomic E-state index is 0.276. The van der Waals surface area contributed by atoms with Gasteiger partial charge < -0.3 is 14.6 Å². The molecule has 2 aromatic carbocycles. The van der Waals surface area contributed by atoms with Gasteiger partial charge in [0.25, 0.3) is 5.91 Å². The van der Waals surface area contributed by atoms with Crippen LogP contribution in [0.1, 0.15) is 27.8 Å². The average Bonchev–Trinajstić information content (AvgIpc) is 3.05. The Morgan fingerprint density at radius 1 is 1.19 bits per heavy atom. The molecule has 1 N–H and O–H groups in total. The Morgan fingerprint density at radius 2 is 1.85 bits per heavy atom. The summed E-state index contributed by atoms with van der Waals surface area (Å²) in [5, 5.41) is 3.56. The summed E-state index contributed by atoms with van der Waals surface area (Å²) in [4.78, 5) is 17.2. The van der Waals surface area contributed by atoms with Gasteiger partial charge >= 0.3 is 0 Å². The lowest BCUT2D eigenvalue weighted by atomic mass is 10.1. The number of aryl methyl sites for hydroxylation is 1. The van der Waals surface area contributed by atoms with E-state index in [1.54, 1.807) is 6.20 Å². The maximum Gasteiger partial charge on any atom is 0.252 e. The summed E-state index contributed by atoms with van der Waals surface area (Å²) < 4.78 is 6.99. The molecule has 0 spiro atoms. The van der Waals surface area contributed by atoms with E-state index < -0.39 is 6.04 Å². The first-order chi connectivity index (χ1) is 12.5. The van der Waals surface area contributed by atoms with Crippen LogP contribution in [0.5, 0.6) is 5.75 Å². The number of aromatic nitrogens is 2. The molecule has 0 saturated carbocycles. The van der Waals surface area contributed by atoms with Gasteiger partial charge in [-0.2, -0.15) is 0 Å². The van der Waals surface area contributed by atoms with Crippen molar-refractivity contribution in [2.45, 2.75) is 6.04 Å². The summed E-state index contributed by atoms with van der Waals surface area (Å²) in [7, 11) is 3.35. The third-order valence-corrected chi connectivity index (χ3v) is 4.55. The molecule has 7 heteroatoms. The number of halogens is 2. The second-order valence-corrected chi connectivity index (χ2v) is 6.50. The zero-order valence-corrected chi connectivity index (χ0v) is 15.8. The third-order valence-electron chi connectivity index (χ3n) is 3.99. The highest BCUT2D eigenvalue weighted by molar-refractivity contribution is 6.37. The van der Waals surface area contributed by atoms with E-state index in [0.717, 1.165) is 11.4 Å². The SMILES string of the molecule is COc1c(Cl)cc(C(=O)NC(c2ccccc2)c2nccn2C)cc1Cl. The number of hydrogen-bond donors (Lipinski definition) is 1. The molecule has 0 aliphatic heterocycles. The van der Waals surface area contributed by atoms with Gasteiger partial charge in [0.1, 0.15) is 11.9 Å². The molecule has 0 saturated heterocycles. The number of amides is 1. The fourth-order valence-corrected chi connectivity index (χ4v) is 3.34. The van der Waals surface area contributed by atoms with Crippen molar-refractivity contribution in [3.63, 3.8) is 0 Å². The summed E-state index contributed by atoms with van der Waals surface area (Å²) in [6.45, 7) is 0. The molecule has 0 bridgehead atoms. The number of nitrogens with one attached hydrogen (secondary N) is 1. The van der Waals surface area contributed by atoms with Crippen LogP contribution in [-0.4, -0.2) is 22.6 Å². The summed E-state index contributed by atoms with van der Waals surface area (Å²) in [5.74, 6) is 0.747. The van der Waals surface area contributed by atoms with Crippen LogP contribution in [0.25, 0.3) is 0 Å². The minimum atomic E-state index is -0.414. The van der Waals surface area contributed by atoms with Gasteiger partial charge in [-0.05, 0) is 17.7 Å². The molecule has 0 aliphatic carbocycles. The lowest BCUT2D eigenvalue weighted by Crippen LogP contribution is -2.31. The molecule has 3 rings (SSSR count). The van der Waals surface area contributed by atoms with Gasteiger partial charge in [-0.15, -0.1) is 0 Å². The summed E-state index contributed by atoms with van der Waals surface area (Å²) in [5.41, 5.74) is 1.26. The van der Waals surface area contributed by atoms with Gasteiger partial charge in [-0.3, -0.25) is 4.79 Å². The van der Waals surface area contributed by atoms with Crippen molar-refractivity contribution < 1.29 is 9.53 Å². The summed E-state index contributed by atoms with van der Waals surface area (Å²) in [6, 6.07) is 12.3. The van der Waals surface area contributed by atoms with Gasteiger partial charge in [0.05, 0.1) is 17.2 Å². The van der Waals surface area contributed by atoms with Crippen molar-refractivity contribution in [1.29, 1.82) is 0 Å². The van der Waals surface area contributed by atoms with Crippen LogP contribution in [0.15, 0.2) is 54.9 Å². The van der Waals surface area contributed by atoms with Crippen molar-refractivity contribution in [2.24, 2.45) is 7.05 Å². The predicted molar refractivity (Wildman–Crippen MR) is 102 cm³/mol. The van der Waals surface area contributed by atoms with Crippen LogP contribution in [-0.2, 0) is 7.05 Å². The standard InChI is InChI=1S/C19H17Cl2N3O2/c1-24-9-8-22-18(24)16(12-6-4-3-5-7-12)23-19(25)13-10-14(20)17(26-2)15(21)11-13/h3-11,16H,1-2H3,(H,23,25). The molecule has 5 nitrogen and oxygen atoms in total. The fourth-order valence-electron chi connectivity index (χ4n) is 2.70. The zero-order valence-electron chi connectivity index (χ0n) is 14.2. The van der Waals surface area contributed by atoms with Crippen LogP contribution in [0.2, 0.25) is 10.0 Å². The largest absolute Gasteiger partial charge is 0.494 e. The molecular formula is C19H17Cl2N3O2. The Hall–Kier alpha value is -2.50. The van der Waals surface area contributed by atoms with Crippen molar-refractivity contribution >= 4 is 29.1 Å². The normalized spacial score (nSPS) is 11.8. The number of nitrogens with zero attached hydrogens (tertiary/aromatic N) is 2. The molecule has 1 unspecified atom stereocenters. The quantitative estimate of drug-likeness (QED) is 0.709. The maximum absolute atomic E-state index is 12.8. The lowest BCUT2D eigenvalue weighted by Gasteiger charge is -2.19. The average molecular weight is 390 g/mol. The Morgan fingerprint density at radius 3 is 2.38 bits per heavy atom. The molecule has 26 heavy (non-hydrogen) atoms. The number of rotatable bonds is 5. The summed E-state index contributed by atoms with van der Waals surface area (Å²) >= 11 is 12.3. The van der Waals surface area contributed by atoms with E-state index in [1.807, 2.05) is 48.1 Å². The van der Waals surface area contributed by atoms with Gasteiger partial charge in [0.15, 0.2) is 5.75 Å². The second-order valence-electron chi connectivity index (χ2n) is 5.69. The van der Waals surface area contributed by atoms with Crippen LogP contribution in [0.4, 0.5) is 0 Å². The van der Waals surface area contributed by atoms with E-state index in [0.29, 0.717) is 11.3 Å². The molecule has 1 atom stereocenters. The molecule has 1 amide bonds. The number of ether oxygens (including phenoxy) is 1. The van der Waals surface area contributed by atoms with E-state index in [1.165, 1.54) is 19.2 Å². The van der Waals surface area contributed by atoms with Crippen molar-refractivity contribution in [3.8, 4) is 5.75 Å². The molecule has 0 radical (unpaired) electrons. The Balaban J connectivity index is 1.95. The number of methoxy groups -OCH3 is 1. The van der Waals surface area contributed by atoms with Crippen LogP contribution in [0, 0.1) is 0 Å². The number of benzene rings is 2. The maximum atomic E-state index is 12.8.